The Morgan fingerprint density at radius 3 is 2.17 bits per heavy atom. The average molecular weight is 520 g/mol. The predicted molar refractivity (Wildman–Crippen MR) is 110 cm³/mol. The van der Waals surface area contributed by atoms with E-state index in [0.29, 0.717) is 12.1 Å². The van der Waals surface area contributed by atoms with Gasteiger partial charge < -0.3 is 4.74 Å². The zero-order chi connectivity index (χ0) is 25.5. The summed E-state index contributed by atoms with van der Waals surface area (Å²) in [6.07, 6.45) is -8.76. The Balaban J connectivity index is 1.71. The number of pyridine rings is 1. The van der Waals surface area contributed by atoms with Gasteiger partial charge in [-0.2, -0.15) is 31.0 Å². The molecule has 15 heteroatoms. The largest absolute Gasteiger partial charge is 0.416 e. The fourth-order valence-electron chi connectivity index (χ4n) is 3.39. The molecule has 35 heavy (non-hydrogen) atoms. The third kappa shape index (κ3) is 4.73. The molecule has 8 nitrogen and oxygen atoms in total. The minimum absolute atomic E-state index is 0.0247. The van der Waals surface area contributed by atoms with Gasteiger partial charge in [-0.3, -0.25) is 14.6 Å². The molecule has 0 atom stereocenters. The second-order valence-electron chi connectivity index (χ2n) is 7.13. The van der Waals surface area contributed by atoms with Crippen LogP contribution in [0.1, 0.15) is 11.1 Å². The summed E-state index contributed by atoms with van der Waals surface area (Å²) >= 11 is 6.10. The second-order valence-corrected chi connectivity index (χ2v) is 7.53. The number of hydrogen-bond donors (Lipinski definition) is 0. The number of hydrogen-bond acceptors (Lipinski definition) is 5. The van der Waals surface area contributed by atoms with Gasteiger partial charge >= 0.3 is 18.4 Å². The van der Waals surface area contributed by atoms with Crippen LogP contribution in [0.2, 0.25) is 5.02 Å². The van der Waals surface area contributed by atoms with Crippen LogP contribution in [0, 0.1) is 0 Å². The molecule has 0 aliphatic carbocycles. The number of benzene rings is 1. The van der Waals surface area contributed by atoms with E-state index in [-0.39, 0.29) is 48.2 Å². The first kappa shape index (κ1) is 24.3. The van der Waals surface area contributed by atoms with Crippen molar-refractivity contribution >= 4 is 35.6 Å². The van der Waals surface area contributed by atoms with Gasteiger partial charge in [-0.15, -0.1) is 5.10 Å². The molecular formula is C20H12ClF6N5O3. The van der Waals surface area contributed by atoms with E-state index in [1.807, 2.05) is 0 Å². The Morgan fingerprint density at radius 1 is 0.971 bits per heavy atom. The van der Waals surface area contributed by atoms with Gasteiger partial charge in [0.15, 0.2) is 11.6 Å². The lowest BCUT2D eigenvalue weighted by molar-refractivity contribution is -0.143. The summed E-state index contributed by atoms with van der Waals surface area (Å²) in [4.78, 5) is 29.7. The van der Waals surface area contributed by atoms with Crippen molar-refractivity contribution in [1.29, 1.82) is 0 Å². The van der Waals surface area contributed by atoms with Gasteiger partial charge in [0.25, 0.3) is 6.47 Å². The number of urea groups is 1. The highest BCUT2D eigenvalue weighted by molar-refractivity contribution is 6.32. The summed E-state index contributed by atoms with van der Waals surface area (Å²) in [7, 11) is 0. The van der Waals surface area contributed by atoms with E-state index in [1.54, 1.807) is 0 Å². The standard InChI is InChI=1S/C20H12ClF6N5O3/c21-14-2-1-3-28-17(14)32-16(35-10-33)9-15(29-32)31-5-4-30(18(31)34)13-7-11(19(22,23)24)6-12(8-13)20(25,26)27/h1-3,6-10H,4-5H2. The molecule has 1 saturated heterocycles. The van der Waals surface area contributed by atoms with Crippen molar-refractivity contribution < 1.29 is 40.7 Å². The van der Waals surface area contributed by atoms with Gasteiger partial charge in [-0.25, -0.2) is 9.78 Å². The summed E-state index contributed by atoms with van der Waals surface area (Å²) < 4.78 is 85.2. The maximum Gasteiger partial charge on any atom is 0.416 e. The van der Waals surface area contributed by atoms with Crippen LogP contribution in [0.5, 0.6) is 5.88 Å². The molecule has 1 aliphatic heterocycles. The minimum Gasteiger partial charge on any atom is -0.409 e. The van der Waals surface area contributed by atoms with E-state index in [0.717, 1.165) is 14.5 Å². The smallest absolute Gasteiger partial charge is 0.409 e. The van der Waals surface area contributed by atoms with Crippen LogP contribution in [-0.2, 0) is 17.1 Å². The number of alkyl halides is 6. The van der Waals surface area contributed by atoms with Gasteiger partial charge in [-0.1, -0.05) is 11.6 Å². The number of rotatable bonds is 5. The van der Waals surface area contributed by atoms with E-state index in [9.17, 15) is 35.9 Å². The van der Waals surface area contributed by atoms with Gasteiger partial charge in [0, 0.05) is 31.0 Å². The van der Waals surface area contributed by atoms with Crippen molar-refractivity contribution in [3.05, 3.63) is 58.7 Å². The Labute approximate surface area is 197 Å². The van der Waals surface area contributed by atoms with Crippen molar-refractivity contribution in [3.8, 4) is 11.7 Å². The number of halogens is 7. The van der Waals surface area contributed by atoms with Crippen LogP contribution in [0.3, 0.4) is 0 Å². The number of aromatic nitrogens is 3. The molecule has 1 aromatic carbocycles. The number of anilines is 2. The Bertz CT molecular complexity index is 1260. The van der Waals surface area contributed by atoms with Crippen LogP contribution < -0.4 is 14.5 Å². The van der Waals surface area contributed by atoms with E-state index in [1.165, 1.54) is 24.4 Å². The molecule has 0 N–H and O–H groups in total. The molecule has 0 radical (unpaired) electrons. The first-order valence-electron chi connectivity index (χ1n) is 9.60. The van der Waals surface area contributed by atoms with Crippen molar-refractivity contribution in [1.82, 2.24) is 14.8 Å². The lowest BCUT2D eigenvalue weighted by Gasteiger charge is -2.20. The highest BCUT2D eigenvalue weighted by atomic mass is 35.5. The second kappa shape index (κ2) is 8.76. The van der Waals surface area contributed by atoms with Crippen molar-refractivity contribution in [2.75, 3.05) is 22.9 Å². The summed E-state index contributed by atoms with van der Waals surface area (Å²) in [5, 5.41) is 4.26. The molecule has 0 spiro atoms. The SMILES string of the molecule is O=COc1cc(N2CCN(c3cc(C(F)(F)F)cc(C(F)(F)F)c3)C2=O)nn1-c1ncccc1Cl. The Kier molecular flexibility index (Phi) is 6.09. The fraction of sp³-hybridized carbons (Fsp3) is 0.200. The Morgan fingerprint density at radius 2 is 1.60 bits per heavy atom. The highest BCUT2D eigenvalue weighted by Gasteiger charge is 2.40. The molecule has 2 aromatic heterocycles. The maximum absolute atomic E-state index is 13.2. The molecule has 3 aromatic rings. The average Bonchev–Trinajstić information content (AvgIpc) is 3.36. The van der Waals surface area contributed by atoms with Gasteiger partial charge in [-0.05, 0) is 30.3 Å². The van der Waals surface area contributed by atoms with Gasteiger partial charge in [0.2, 0.25) is 5.88 Å². The number of carbonyl (C=O) groups excluding carboxylic acids is 2. The molecular weight excluding hydrogens is 508 g/mol. The molecule has 4 rings (SSSR count). The lowest BCUT2D eigenvalue weighted by Crippen LogP contribution is -2.32. The van der Waals surface area contributed by atoms with Crippen molar-refractivity contribution in [3.63, 3.8) is 0 Å². The molecule has 0 saturated carbocycles. The number of ether oxygens (including phenoxy) is 1. The van der Waals surface area contributed by atoms with E-state index >= 15 is 0 Å². The van der Waals surface area contributed by atoms with Crippen LogP contribution in [0.25, 0.3) is 5.82 Å². The molecule has 184 valence electrons. The van der Waals surface area contributed by atoms with Crippen molar-refractivity contribution in [2.24, 2.45) is 0 Å². The maximum atomic E-state index is 13.2. The highest BCUT2D eigenvalue weighted by Crippen LogP contribution is 2.39. The minimum atomic E-state index is -5.07. The van der Waals surface area contributed by atoms with Crippen molar-refractivity contribution in [2.45, 2.75) is 12.4 Å². The number of carbonyl (C=O) groups is 2. The quantitative estimate of drug-likeness (QED) is 0.352. The van der Waals surface area contributed by atoms with E-state index in [2.05, 4.69) is 10.1 Å². The van der Waals surface area contributed by atoms with Crippen LogP contribution >= 0.6 is 11.6 Å². The topological polar surface area (TPSA) is 80.6 Å². The van der Waals surface area contributed by atoms with Crippen LogP contribution in [0.4, 0.5) is 42.6 Å². The zero-order valence-electron chi connectivity index (χ0n) is 17.1. The third-order valence-corrected chi connectivity index (χ3v) is 5.24. The number of nitrogens with zero attached hydrogens (tertiary/aromatic N) is 5. The molecule has 3 heterocycles. The molecule has 2 amide bonds. The van der Waals surface area contributed by atoms with Crippen LogP contribution in [-0.4, -0.2) is 40.4 Å². The van der Waals surface area contributed by atoms with Gasteiger partial charge in [0.1, 0.15) is 0 Å². The van der Waals surface area contributed by atoms with Gasteiger partial charge in [0.05, 0.1) is 16.1 Å². The predicted octanol–water partition coefficient (Wildman–Crippen LogP) is 4.94. The monoisotopic (exact) mass is 519 g/mol. The lowest BCUT2D eigenvalue weighted by atomic mass is 10.1. The van der Waals surface area contributed by atoms with Crippen LogP contribution in [0.15, 0.2) is 42.6 Å². The van der Waals surface area contributed by atoms with E-state index < -0.39 is 35.2 Å². The summed E-state index contributed by atoms with van der Waals surface area (Å²) in [6.45, 7) is -0.282. The molecule has 0 bridgehead atoms. The normalized spacial score (nSPS) is 14.5. The first-order valence-corrected chi connectivity index (χ1v) is 9.97. The molecule has 1 aliphatic rings. The first-order chi connectivity index (χ1) is 16.4. The summed E-state index contributed by atoms with van der Waals surface area (Å²) in [5.74, 6) is -0.229. The fourth-order valence-corrected chi connectivity index (χ4v) is 3.59. The number of amides is 2. The molecule has 1 fully saturated rings. The van der Waals surface area contributed by atoms with E-state index in [4.69, 9.17) is 16.3 Å². The summed E-state index contributed by atoms with van der Waals surface area (Å²) in [5.41, 5.74) is -3.69. The summed E-state index contributed by atoms with van der Waals surface area (Å²) in [6, 6.07) is 4.14. The molecule has 0 unspecified atom stereocenters. The Hall–Kier alpha value is -3.81. The third-order valence-electron chi connectivity index (χ3n) is 4.94. The zero-order valence-corrected chi connectivity index (χ0v) is 17.9.